The van der Waals surface area contributed by atoms with Crippen molar-refractivity contribution in [3.05, 3.63) is 48.2 Å². The third-order valence-corrected chi connectivity index (χ3v) is 3.06. The van der Waals surface area contributed by atoms with Crippen LogP contribution in [0.2, 0.25) is 0 Å². The highest BCUT2D eigenvalue weighted by Crippen LogP contribution is 2.19. The van der Waals surface area contributed by atoms with Gasteiger partial charge in [-0.05, 0) is 39.0 Å². The first-order valence-electron chi connectivity index (χ1n) is 7.69. The molecule has 0 atom stereocenters. The molecule has 1 aromatic carbocycles. The van der Waals surface area contributed by atoms with Crippen LogP contribution in [-0.4, -0.2) is 23.8 Å². The largest absolute Gasteiger partial charge is 0.496 e. The number of hydrogen-bond donors (Lipinski definition) is 2. The molecule has 0 saturated carbocycles. The fourth-order valence-electron chi connectivity index (χ4n) is 2.03. The van der Waals surface area contributed by atoms with Gasteiger partial charge in [-0.2, -0.15) is 0 Å². The molecular formula is C18H23N3O3. The quantitative estimate of drug-likeness (QED) is 0.866. The van der Waals surface area contributed by atoms with Crippen LogP contribution < -0.4 is 15.4 Å². The molecule has 0 radical (unpaired) electrons. The summed E-state index contributed by atoms with van der Waals surface area (Å²) >= 11 is 0. The number of methoxy groups -OCH3 is 1. The van der Waals surface area contributed by atoms with E-state index in [0.717, 1.165) is 11.3 Å². The molecule has 0 aliphatic carbocycles. The molecule has 2 rings (SSSR count). The van der Waals surface area contributed by atoms with Gasteiger partial charge in [-0.3, -0.25) is 5.32 Å². The Kier molecular flexibility index (Phi) is 5.63. The van der Waals surface area contributed by atoms with Crippen molar-refractivity contribution in [2.24, 2.45) is 0 Å². The molecule has 128 valence electrons. The van der Waals surface area contributed by atoms with E-state index < -0.39 is 11.7 Å². The molecule has 24 heavy (non-hydrogen) atoms. The highest BCUT2D eigenvalue weighted by atomic mass is 16.6. The molecule has 1 aromatic heterocycles. The Bertz CT molecular complexity index is 679. The first-order chi connectivity index (χ1) is 11.4. The fourth-order valence-corrected chi connectivity index (χ4v) is 2.03. The van der Waals surface area contributed by atoms with Crippen LogP contribution in [0.3, 0.4) is 0 Å². The number of benzene rings is 1. The molecule has 6 heteroatoms. The van der Waals surface area contributed by atoms with Crippen molar-refractivity contribution in [3.63, 3.8) is 0 Å². The molecule has 2 aromatic rings. The van der Waals surface area contributed by atoms with E-state index in [9.17, 15) is 4.79 Å². The molecule has 2 N–H and O–H groups in total. The van der Waals surface area contributed by atoms with Crippen molar-refractivity contribution >= 4 is 17.6 Å². The number of amides is 1. The minimum Gasteiger partial charge on any atom is -0.496 e. The van der Waals surface area contributed by atoms with Crippen molar-refractivity contribution in [3.8, 4) is 5.75 Å². The number of para-hydroxylation sites is 1. The molecular weight excluding hydrogens is 306 g/mol. The lowest BCUT2D eigenvalue weighted by Gasteiger charge is -2.19. The van der Waals surface area contributed by atoms with E-state index >= 15 is 0 Å². The van der Waals surface area contributed by atoms with E-state index in [-0.39, 0.29) is 0 Å². The number of nitrogens with one attached hydrogen (secondary N) is 2. The number of carbonyl (C=O) groups excluding carboxylic acids is 1. The monoisotopic (exact) mass is 329 g/mol. The first kappa shape index (κ1) is 17.6. The Morgan fingerprint density at radius 1 is 1.17 bits per heavy atom. The summed E-state index contributed by atoms with van der Waals surface area (Å²) in [5, 5.41) is 5.87. The lowest BCUT2D eigenvalue weighted by molar-refractivity contribution is 0.0636. The lowest BCUT2D eigenvalue weighted by Crippen LogP contribution is -2.27. The van der Waals surface area contributed by atoms with Gasteiger partial charge in [0.05, 0.1) is 19.0 Å². The molecule has 0 aliphatic heterocycles. The number of carbonyl (C=O) groups is 1. The van der Waals surface area contributed by atoms with Crippen LogP contribution in [0, 0.1) is 0 Å². The SMILES string of the molecule is COc1ccccc1CNc1ccc(NC(=O)OC(C)(C)C)cn1. The third kappa shape index (κ3) is 5.46. The van der Waals surface area contributed by atoms with E-state index in [1.807, 2.05) is 45.0 Å². The highest BCUT2D eigenvalue weighted by molar-refractivity contribution is 5.84. The Hall–Kier alpha value is -2.76. The summed E-state index contributed by atoms with van der Waals surface area (Å²) in [4.78, 5) is 16.0. The standard InChI is InChI=1S/C18H23N3O3/c1-18(2,3)24-17(22)21-14-9-10-16(20-12-14)19-11-13-7-5-6-8-15(13)23-4/h5-10,12H,11H2,1-4H3,(H,19,20)(H,21,22). The maximum atomic E-state index is 11.7. The molecule has 0 saturated heterocycles. The zero-order valence-corrected chi connectivity index (χ0v) is 14.4. The van der Waals surface area contributed by atoms with E-state index in [2.05, 4.69) is 15.6 Å². The predicted octanol–water partition coefficient (Wildman–Crippen LogP) is 4.05. The predicted molar refractivity (Wildman–Crippen MR) is 94.4 cm³/mol. The van der Waals surface area contributed by atoms with Crippen molar-refractivity contribution in [1.82, 2.24) is 4.98 Å². The van der Waals surface area contributed by atoms with Crippen molar-refractivity contribution in [2.45, 2.75) is 32.9 Å². The van der Waals surface area contributed by atoms with Crippen molar-refractivity contribution in [2.75, 3.05) is 17.7 Å². The second kappa shape index (κ2) is 7.68. The van der Waals surface area contributed by atoms with Crippen LogP contribution in [0.25, 0.3) is 0 Å². The Balaban J connectivity index is 1.91. The number of pyridine rings is 1. The van der Waals surface area contributed by atoms with Gasteiger partial charge < -0.3 is 14.8 Å². The summed E-state index contributed by atoms with van der Waals surface area (Å²) < 4.78 is 10.5. The molecule has 0 fully saturated rings. The smallest absolute Gasteiger partial charge is 0.412 e. The molecule has 0 spiro atoms. The van der Waals surface area contributed by atoms with Gasteiger partial charge in [-0.25, -0.2) is 9.78 Å². The van der Waals surface area contributed by atoms with Gasteiger partial charge in [0.2, 0.25) is 0 Å². The van der Waals surface area contributed by atoms with Gasteiger partial charge in [0.25, 0.3) is 0 Å². The second-order valence-electron chi connectivity index (χ2n) is 6.22. The van der Waals surface area contributed by atoms with E-state index in [1.54, 1.807) is 25.4 Å². The first-order valence-corrected chi connectivity index (χ1v) is 7.69. The maximum absolute atomic E-state index is 11.7. The van der Waals surface area contributed by atoms with Crippen molar-refractivity contribution in [1.29, 1.82) is 0 Å². The number of anilines is 2. The summed E-state index contributed by atoms with van der Waals surface area (Å²) in [6.07, 6.45) is 1.08. The fraction of sp³-hybridized carbons (Fsp3) is 0.333. The second-order valence-corrected chi connectivity index (χ2v) is 6.22. The van der Waals surface area contributed by atoms with Crippen LogP contribution in [0.15, 0.2) is 42.6 Å². The lowest BCUT2D eigenvalue weighted by atomic mass is 10.2. The average Bonchev–Trinajstić information content (AvgIpc) is 2.52. The summed E-state index contributed by atoms with van der Waals surface area (Å²) in [5.74, 6) is 1.53. The number of rotatable bonds is 5. The summed E-state index contributed by atoms with van der Waals surface area (Å²) in [6, 6.07) is 11.4. The third-order valence-electron chi connectivity index (χ3n) is 3.06. The van der Waals surface area contributed by atoms with E-state index in [4.69, 9.17) is 9.47 Å². The van der Waals surface area contributed by atoms with Gasteiger partial charge in [0, 0.05) is 12.1 Å². The minimum absolute atomic E-state index is 0.501. The van der Waals surface area contributed by atoms with Gasteiger partial charge in [-0.1, -0.05) is 18.2 Å². The van der Waals surface area contributed by atoms with Crippen molar-refractivity contribution < 1.29 is 14.3 Å². The Labute approximate surface area is 142 Å². The molecule has 1 heterocycles. The van der Waals surface area contributed by atoms with Gasteiger partial charge in [-0.15, -0.1) is 0 Å². The van der Waals surface area contributed by atoms with Crippen LogP contribution in [0.1, 0.15) is 26.3 Å². The number of ether oxygens (including phenoxy) is 2. The normalized spacial score (nSPS) is 10.8. The summed E-state index contributed by atoms with van der Waals surface area (Å²) in [6.45, 7) is 6.04. The molecule has 0 bridgehead atoms. The Morgan fingerprint density at radius 2 is 1.92 bits per heavy atom. The number of aromatic nitrogens is 1. The molecule has 6 nitrogen and oxygen atoms in total. The van der Waals surface area contributed by atoms with Gasteiger partial charge in [0.1, 0.15) is 17.2 Å². The summed E-state index contributed by atoms with van der Waals surface area (Å²) in [5.41, 5.74) is 1.08. The molecule has 0 aliphatic rings. The average molecular weight is 329 g/mol. The summed E-state index contributed by atoms with van der Waals surface area (Å²) in [7, 11) is 1.65. The van der Waals surface area contributed by atoms with Crippen LogP contribution in [-0.2, 0) is 11.3 Å². The molecule has 1 amide bonds. The minimum atomic E-state index is -0.534. The molecule has 0 unspecified atom stereocenters. The highest BCUT2D eigenvalue weighted by Gasteiger charge is 2.16. The maximum Gasteiger partial charge on any atom is 0.412 e. The zero-order chi connectivity index (χ0) is 17.6. The van der Waals surface area contributed by atoms with Gasteiger partial charge >= 0.3 is 6.09 Å². The number of hydrogen-bond acceptors (Lipinski definition) is 5. The van der Waals surface area contributed by atoms with E-state index in [1.165, 1.54) is 0 Å². The zero-order valence-electron chi connectivity index (χ0n) is 14.4. The van der Waals surface area contributed by atoms with Crippen LogP contribution >= 0.6 is 0 Å². The topological polar surface area (TPSA) is 72.5 Å². The Morgan fingerprint density at radius 3 is 2.54 bits per heavy atom. The van der Waals surface area contributed by atoms with Gasteiger partial charge in [0.15, 0.2) is 0 Å². The van der Waals surface area contributed by atoms with Crippen LogP contribution in [0.5, 0.6) is 5.75 Å². The number of nitrogens with zero attached hydrogens (tertiary/aromatic N) is 1. The van der Waals surface area contributed by atoms with Crippen LogP contribution in [0.4, 0.5) is 16.3 Å². The van der Waals surface area contributed by atoms with E-state index in [0.29, 0.717) is 18.1 Å².